The van der Waals surface area contributed by atoms with Crippen LogP contribution in [0.3, 0.4) is 0 Å². The summed E-state index contributed by atoms with van der Waals surface area (Å²) in [5, 5.41) is 13.9. The van der Waals surface area contributed by atoms with E-state index >= 15 is 0 Å². The Kier molecular flexibility index (Phi) is 9.30. The maximum Gasteiger partial charge on any atom is 0.0726 e. The number of anilines is 3. The van der Waals surface area contributed by atoms with Crippen molar-refractivity contribution >= 4 is 45.8 Å². The highest BCUT2D eigenvalue weighted by Crippen LogP contribution is 2.65. The van der Waals surface area contributed by atoms with Gasteiger partial charge in [-0.3, -0.25) is 5.41 Å². The van der Waals surface area contributed by atoms with Crippen LogP contribution >= 0.6 is 0 Å². The molecule has 0 aromatic heterocycles. The highest BCUT2D eigenvalue weighted by Gasteiger charge is 2.52. The van der Waals surface area contributed by atoms with Crippen LogP contribution in [0.25, 0.3) is 56.4 Å². The maximum absolute atomic E-state index is 9.93. The van der Waals surface area contributed by atoms with Gasteiger partial charge in [-0.05, 0) is 103 Å². The average molecular weight is 920 g/mol. The first-order valence-electron chi connectivity index (χ1n) is 25.0. The predicted octanol–water partition coefficient (Wildman–Crippen LogP) is 16.8. The van der Waals surface area contributed by atoms with Crippen LogP contribution in [0.15, 0.2) is 243 Å². The number of nitrogens with one attached hydrogen (secondary N) is 2. The van der Waals surface area contributed by atoms with E-state index in [4.69, 9.17) is 0 Å². The molecule has 0 saturated carbocycles. The minimum Gasteiger partial charge on any atom is -0.354 e. The Morgan fingerprint density at radius 2 is 0.889 bits per heavy atom. The predicted molar refractivity (Wildman–Crippen MR) is 299 cm³/mol. The van der Waals surface area contributed by atoms with E-state index in [0.29, 0.717) is 5.71 Å². The Balaban J connectivity index is 1.07. The lowest BCUT2D eigenvalue weighted by atomic mass is 9.70. The van der Waals surface area contributed by atoms with Crippen molar-refractivity contribution in [2.24, 2.45) is 0 Å². The maximum atomic E-state index is 9.93. The number of fused-ring (bicyclic) bond motifs is 14. The molecule has 3 heteroatoms. The molecule has 14 rings (SSSR count). The quantitative estimate of drug-likeness (QED) is 0.156. The molecular formula is C69H49N3. The van der Waals surface area contributed by atoms with Crippen LogP contribution in [0.2, 0.25) is 0 Å². The Hall–Kier alpha value is -9.05. The van der Waals surface area contributed by atoms with Gasteiger partial charge in [-0.2, -0.15) is 0 Å². The van der Waals surface area contributed by atoms with Crippen LogP contribution in [0, 0.1) is 5.41 Å². The first-order valence-corrected chi connectivity index (χ1v) is 25.0. The molecule has 1 aliphatic heterocycles. The fraction of sp³-hybridized carbons (Fsp3) is 0.0580. The molecule has 4 aliphatic rings. The summed E-state index contributed by atoms with van der Waals surface area (Å²) in [6.07, 6.45) is 2.30. The molecule has 0 radical (unpaired) electrons. The molecule has 3 nitrogen and oxygen atoms in total. The summed E-state index contributed by atoms with van der Waals surface area (Å²) in [4.78, 5) is 2.56. The van der Waals surface area contributed by atoms with Gasteiger partial charge >= 0.3 is 0 Å². The van der Waals surface area contributed by atoms with Gasteiger partial charge in [0, 0.05) is 44.6 Å². The normalized spacial score (nSPS) is 15.2. The second-order valence-corrected chi connectivity index (χ2v) is 20.0. The molecule has 0 fully saturated rings. The van der Waals surface area contributed by atoms with Crippen LogP contribution in [-0.4, -0.2) is 5.71 Å². The van der Waals surface area contributed by atoms with Crippen LogP contribution < -0.4 is 10.2 Å². The van der Waals surface area contributed by atoms with E-state index in [-0.39, 0.29) is 5.41 Å². The third-order valence-electron chi connectivity index (χ3n) is 15.9. The van der Waals surface area contributed by atoms with Crippen LogP contribution in [0.1, 0.15) is 75.0 Å². The molecule has 340 valence electrons. The van der Waals surface area contributed by atoms with Gasteiger partial charge in [0.05, 0.1) is 28.2 Å². The molecule has 1 heterocycles. The lowest BCUT2D eigenvalue weighted by molar-refractivity contribution is 0.660. The van der Waals surface area contributed by atoms with E-state index in [1.807, 2.05) is 36.4 Å². The number of hydrogen-bond acceptors (Lipinski definition) is 3. The molecule has 10 aromatic carbocycles. The van der Waals surface area contributed by atoms with Gasteiger partial charge in [-0.25, -0.2) is 0 Å². The van der Waals surface area contributed by atoms with Gasteiger partial charge in [0.25, 0.3) is 0 Å². The number of rotatable bonds is 7. The molecular weight excluding hydrogens is 871 g/mol. The fourth-order valence-electron chi connectivity index (χ4n) is 12.8. The third kappa shape index (κ3) is 5.95. The minimum absolute atomic E-state index is 0.203. The Morgan fingerprint density at radius 3 is 1.51 bits per heavy atom. The molecule has 3 aliphatic carbocycles. The summed E-state index contributed by atoms with van der Waals surface area (Å²) < 4.78 is 0. The summed E-state index contributed by atoms with van der Waals surface area (Å²) >= 11 is 0. The standard InChI is InChI=1S/C69H49N3/c1-68(2)54-32-16-14-30-52(54)64-58(68)36-20-38-61(64)72(62-39-21-37-59-65(62)53-31-15-19-35-57(53)69(59)55-33-17-12-28-50(55)51-29-13-18-34-56(51)69)48-40-41-49-47(42-48)43-60(44-22-6-3-7-23-44)71-67(49)63(45-24-8-4-9-25-45)66(70)46-26-10-5-11-27-46/h3-43,70-71H,1-2H3/b67-63-,70-66?. The second-order valence-electron chi connectivity index (χ2n) is 20.0. The summed E-state index contributed by atoms with van der Waals surface area (Å²) in [7, 11) is 0. The van der Waals surface area contributed by atoms with Crippen molar-refractivity contribution in [3.05, 3.63) is 304 Å². The van der Waals surface area contributed by atoms with Crippen LogP contribution in [0.4, 0.5) is 17.1 Å². The SMILES string of the molecule is CC1(C)c2ccccc2-c2c(N(c3ccc4c(c3)C=C(c3ccccc3)N/C4=C(\C(=N)c3ccccc3)c3ccccc3)c3cccc4c3-c3ccccc3C43c4ccccc4-c4ccccc43)cccc21. The summed E-state index contributed by atoms with van der Waals surface area (Å²) in [5.41, 5.74) is 26.3. The lowest BCUT2D eigenvalue weighted by Gasteiger charge is -2.33. The lowest BCUT2D eigenvalue weighted by Crippen LogP contribution is -2.26. The van der Waals surface area contributed by atoms with Crippen molar-refractivity contribution in [3.63, 3.8) is 0 Å². The van der Waals surface area contributed by atoms with Gasteiger partial charge in [-0.15, -0.1) is 0 Å². The van der Waals surface area contributed by atoms with Crippen molar-refractivity contribution in [1.82, 2.24) is 5.32 Å². The van der Waals surface area contributed by atoms with Gasteiger partial charge in [0.1, 0.15) is 0 Å². The molecule has 1 spiro atoms. The summed E-state index contributed by atoms with van der Waals surface area (Å²) in [6, 6.07) is 88.3. The molecule has 10 aromatic rings. The number of nitrogens with zero attached hydrogens (tertiary/aromatic N) is 1. The zero-order valence-corrected chi connectivity index (χ0v) is 40.1. The van der Waals surface area contributed by atoms with Gasteiger partial charge in [-0.1, -0.05) is 232 Å². The Bertz CT molecular complexity index is 3890. The van der Waals surface area contributed by atoms with Crippen LogP contribution in [0.5, 0.6) is 0 Å². The third-order valence-corrected chi connectivity index (χ3v) is 15.9. The average Bonchev–Trinajstić information content (AvgIpc) is 4.01. The van der Waals surface area contributed by atoms with Crippen LogP contribution in [-0.2, 0) is 10.8 Å². The second kappa shape index (κ2) is 16.0. The fourth-order valence-corrected chi connectivity index (χ4v) is 12.8. The Morgan fingerprint density at radius 1 is 0.417 bits per heavy atom. The number of allylic oxidation sites excluding steroid dienone is 1. The zero-order chi connectivity index (χ0) is 48.1. The molecule has 72 heavy (non-hydrogen) atoms. The molecule has 0 bridgehead atoms. The Labute approximate surface area is 421 Å². The molecule has 0 unspecified atom stereocenters. The van der Waals surface area contributed by atoms with Gasteiger partial charge < -0.3 is 10.2 Å². The van der Waals surface area contributed by atoms with Crippen molar-refractivity contribution in [1.29, 1.82) is 5.41 Å². The zero-order valence-electron chi connectivity index (χ0n) is 40.1. The number of benzene rings is 10. The highest BCUT2D eigenvalue weighted by atomic mass is 15.2. The largest absolute Gasteiger partial charge is 0.354 e. The molecule has 0 atom stereocenters. The molecule has 2 N–H and O–H groups in total. The van der Waals surface area contributed by atoms with Crippen molar-refractivity contribution in [2.45, 2.75) is 24.7 Å². The summed E-state index contributed by atoms with van der Waals surface area (Å²) in [6.45, 7) is 4.74. The van der Waals surface area contributed by atoms with Crippen molar-refractivity contribution in [3.8, 4) is 33.4 Å². The first-order chi connectivity index (χ1) is 35.4. The van der Waals surface area contributed by atoms with Gasteiger partial charge in [0.2, 0.25) is 0 Å². The molecule has 0 saturated heterocycles. The topological polar surface area (TPSA) is 39.1 Å². The molecule has 0 amide bonds. The number of hydrogen-bond donors (Lipinski definition) is 2. The van der Waals surface area contributed by atoms with E-state index in [2.05, 4.69) is 236 Å². The highest BCUT2D eigenvalue weighted by molar-refractivity contribution is 6.36. The van der Waals surface area contributed by atoms with E-state index < -0.39 is 5.41 Å². The summed E-state index contributed by atoms with van der Waals surface area (Å²) in [5.74, 6) is 0. The van der Waals surface area contributed by atoms with E-state index in [1.165, 1.54) is 66.8 Å². The minimum atomic E-state index is -0.500. The van der Waals surface area contributed by atoms with E-state index in [9.17, 15) is 5.41 Å². The van der Waals surface area contributed by atoms with Crippen molar-refractivity contribution < 1.29 is 0 Å². The monoisotopic (exact) mass is 919 g/mol. The first kappa shape index (κ1) is 41.9. The van der Waals surface area contributed by atoms with Crippen molar-refractivity contribution in [2.75, 3.05) is 4.90 Å². The smallest absolute Gasteiger partial charge is 0.0726 e. The van der Waals surface area contributed by atoms with Gasteiger partial charge in [0.15, 0.2) is 0 Å². The van der Waals surface area contributed by atoms with E-state index in [0.717, 1.165) is 61.8 Å². The van der Waals surface area contributed by atoms with E-state index in [1.54, 1.807) is 0 Å².